The minimum absolute atomic E-state index is 0.277. The highest BCUT2D eigenvalue weighted by atomic mass is 79.9. The molecule has 0 bridgehead atoms. The van der Waals surface area contributed by atoms with Crippen LogP contribution >= 0.6 is 15.9 Å². The van der Waals surface area contributed by atoms with Crippen LogP contribution in [0.2, 0.25) is 0 Å². The number of nitrogens with zero attached hydrogens (tertiary/aromatic N) is 1. The van der Waals surface area contributed by atoms with Crippen LogP contribution in [0.4, 0.5) is 0 Å². The maximum Gasteiger partial charge on any atom is 0.243 e. The van der Waals surface area contributed by atoms with Crippen molar-refractivity contribution in [3.63, 3.8) is 0 Å². The summed E-state index contributed by atoms with van der Waals surface area (Å²) in [6.07, 6.45) is 0. The van der Waals surface area contributed by atoms with Gasteiger partial charge in [-0.1, -0.05) is 30.3 Å². The summed E-state index contributed by atoms with van der Waals surface area (Å²) >= 11 is 3.36. The van der Waals surface area contributed by atoms with Gasteiger partial charge in [-0.15, -0.1) is 0 Å². The monoisotopic (exact) mass is 425 g/mol. The van der Waals surface area contributed by atoms with Gasteiger partial charge in [0, 0.05) is 11.6 Å². The molecule has 1 aliphatic heterocycles. The van der Waals surface area contributed by atoms with Gasteiger partial charge in [0.1, 0.15) is 12.3 Å². The van der Waals surface area contributed by atoms with E-state index in [0.29, 0.717) is 18.8 Å². The van der Waals surface area contributed by atoms with E-state index in [-0.39, 0.29) is 4.90 Å². The Morgan fingerprint density at radius 2 is 1.80 bits per heavy atom. The predicted molar refractivity (Wildman–Crippen MR) is 100 cm³/mol. The lowest BCUT2D eigenvalue weighted by Gasteiger charge is -2.31. The second-order valence-electron chi connectivity index (χ2n) is 6.11. The van der Waals surface area contributed by atoms with Crippen molar-refractivity contribution in [3.05, 3.63) is 58.6 Å². The molecule has 2 aromatic carbocycles. The van der Waals surface area contributed by atoms with E-state index in [1.54, 1.807) is 22.5 Å². The molecule has 134 valence electrons. The zero-order valence-corrected chi connectivity index (χ0v) is 16.5. The van der Waals surface area contributed by atoms with E-state index >= 15 is 0 Å². The fourth-order valence-corrected chi connectivity index (χ4v) is 4.92. The van der Waals surface area contributed by atoms with Gasteiger partial charge < -0.3 is 9.64 Å². The van der Waals surface area contributed by atoms with Crippen LogP contribution in [0.1, 0.15) is 5.56 Å². The summed E-state index contributed by atoms with van der Waals surface area (Å²) in [6, 6.07) is 15.2. The molecule has 0 radical (unpaired) electrons. The zero-order chi connectivity index (χ0) is 17.9. The molecule has 25 heavy (non-hydrogen) atoms. The summed E-state index contributed by atoms with van der Waals surface area (Å²) in [4.78, 5) is 1.69. The Hall–Kier alpha value is -1.41. The van der Waals surface area contributed by atoms with E-state index in [1.807, 2.05) is 18.2 Å². The topological polar surface area (TPSA) is 51.1 Å². The first kappa shape index (κ1) is 18.4. The minimum Gasteiger partial charge on any atom is -0.496 e. The quantitative estimate of drug-likeness (QED) is 0.790. The molecule has 0 unspecified atom stereocenters. The van der Waals surface area contributed by atoms with Crippen LogP contribution in [0.25, 0.3) is 0 Å². The van der Waals surface area contributed by atoms with Crippen molar-refractivity contribution in [1.82, 2.24) is 4.31 Å². The lowest BCUT2D eigenvalue weighted by atomic mass is 10.2. The Labute approximate surface area is 157 Å². The predicted octanol–water partition coefficient (Wildman–Crippen LogP) is 1.55. The highest BCUT2D eigenvalue weighted by molar-refractivity contribution is 9.10. The molecular formula is C18H22BrN2O3S+. The molecular weight excluding hydrogens is 404 g/mol. The summed E-state index contributed by atoms with van der Waals surface area (Å²) in [5, 5.41) is 0. The van der Waals surface area contributed by atoms with Crippen LogP contribution in [-0.2, 0) is 16.6 Å². The van der Waals surface area contributed by atoms with Gasteiger partial charge in [-0.05, 0) is 28.1 Å². The lowest BCUT2D eigenvalue weighted by Crippen LogP contribution is -3.13. The Morgan fingerprint density at radius 3 is 2.44 bits per heavy atom. The fourth-order valence-electron chi connectivity index (χ4n) is 3.05. The van der Waals surface area contributed by atoms with Crippen molar-refractivity contribution < 1.29 is 18.1 Å². The van der Waals surface area contributed by atoms with E-state index in [1.165, 1.54) is 17.6 Å². The number of nitrogens with one attached hydrogen (secondary N) is 1. The molecule has 3 rings (SSSR count). The Kier molecular flexibility index (Phi) is 5.78. The number of hydrogen-bond acceptors (Lipinski definition) is 3. The smallest absolute Gasteiger partial charge is 0.243 e. The minimum atomic E-state index is -3.49. The van der Waals surface area contributed by atoms with Gasteiger partial charge in [-0.3, -0.25) is 0 Å². The Bertz CT molecular complexity index is 819. The van der Waals surface area contributed by atoms with Crippen LogP contribution in [0, 0.1) is 0 Å². The van der Waals surface area contributed by atoms with Gasteiger partial charge in [0.2, 0.25) is 10.0 Å². The van der Waals surface area contributed by atoms with E-state index in [2.05, 4.69) is 28.1 Å². The average molecular weight is 426 g/mol. The van der Waals surface area contributed by atoms with Crippen LogP contribution in [0.3, 0.4) is 0 Å². The first-order valence-corrected chi connectivity index (χ1v) is 10.4. The van der Waals surface area contributed by atoms with Crippen molar-refractivity contribution in [1.29, 1.82) is 0 Å². The summed E-state index contributed by atoms with van der Waals surface area (Å²) in [5.41, 5.74) is 1.28. The van der Waals surface area contributed by atoms with E-state index in [0.717, 1.165) is 24.1 Å². The van der Waals surface area contributed by atoms with Crippen molar-refractivity contribution >= 4 is 26.0 Å². The molecule has 1 fully saturated rings. The van der Waals surface area contributed by atoms with Crippen molar-refractivity contribution in [2.45, 2.75) is 11.4 Å². The summed E-state index contributed by atoms with van der Waals surface area (Å²) in [7, 11) is -1.96. The molecule has 5 nitrogen and oxygen atoms in total. The normalized spacial score (nSPS) is 16.7. The second kappa shape index (κ2) is 7.86. The molecule has 7 heteroatoms. The second-order valence-corrected chi connectivity index (χ2v) is 8.91. The molecule has 0 atom stereocenters. The SMILES string of the molecule is COc1cc(S(=O)(=O)N2CC[NH+](Cc3ccccc3)CC2)ccc1Br. The number of ether oxygens (including phenoxy) is 1. The summed E-state index contributed by atoms with van der Waals surface area (Å²) in [6.45, 7) is 3.61. The third-order valence-electron chi connectivity index (χ3n) is 4.49. The van der Waals surface area contributed by atoms with Gasteiger partial charge in [0.25, 0.3) is 0 Å². The van der Waals surface area contributed by atoms with Crippen LogP contribution in [-0.4, -0.2) is 46.0 Å². The zero-order valence-electron chi connectivity index (χ0n) is 14.1. The van der Waals surface area contributed by atoms with E-state index in [4.69, 9.17) is 4.74 Å². The number of methoxy groups -OCH3 is 1. The Morgan fingerprint density at radius 1 is 1.12 bits per heavy atom. The number of halogens is 1. The molecule has 1 heterocycles. The van der Waals surface area contributed by atoms with Crippen LogP contribution in [0.5, 0.6) is 5.75 Å². The Balaban J connectivity index is 1.67. The number of rotatable bonds is 5. The number of hydrogen-bond donors (Lipinski definition) is 1. The van der Waals surface area contributed by atoms with Gasteiger partial charge in [-0.2, -0.15) is 4.31 Å². The maximum absolute atomic E-state index is 12.9. The number of benzene rings is 2. The summed E-state index contributed by atoms with van der Waals surface area (Å²) in [5.74, 6) is 0.523. The third kappa shape index (κ3) is 4.23. The number of piperazine rings is 1. The third-order valence-corrected chi connectivity index (χ3v) is 7.04. The number of sulfonamides is 1. The highest BCUT2D eigenvalue weighted by Crippen LogP contribution is 2.28. The standard InChI is InChI=1S/C18H21BrN2O3S/c1-24-18-13-16(7-8-17(18)19)25(22,23)21-11-9-20(10-12-21)14-15-5-3-2-4-6-15/h2-8,13H,9-12,14H2,1H3/p+1. The number of quaternary nitrogens is 1. The highest BCUT2D eigenvalue weighted by Gasteiger charge is 2.30. The van der Waals surface area contributed by atoms with E-state index in [9.17, 15) is 8.42 Å². The van der Waals surface area contributed by atoms with Crippen molar-refractivity contribution in [2.75, 3.05) is 33.3 Å². The molecule has 0 saturated carbocycles. The molecule has 1 aliphatic rings. The average Bonchev–Trinajstić information content (AvgIpc) is 2.63. The first-order valence-electron chi connectivity index (χ1n) is 8.22. The van der Waals surface area contributed by atoms with Gasteiger partial charge in [-0.25, -0.2) is 8.42 Å². The molecule has 0 aromatic heterocycles. The molecule has 0 spiro atoms. The van der Waals surface area contributed by atoms with Crippen LogP contribution in [0.15, 0.2) is 57.9 Å². The van der Waals surface area contributed by atoms with Crippen molar-refractivity contribution in [3.8, 4) is 5.75 Å². The first-order chi connectivity index (χ1) is 12.0. The molecule has 0 aliphatic carbocycles. The van der Waals surface area contributed by atoms with Gasteiger partial charge in [0.05, 0.1) is 42.7 Å². The molecule has 1 N–H and O–H groups in total. The maximum atomic E-state index is 12.9. The lowest BCUT2D eigenvalue weighted by molar-refractivity contribution is -0.917. The van der Waals surface area contributed by atoms with Gasteiger partial charge in [0.15, 0.2) is 0 Å². The van der Waals surface area contributed by atoms with Gasteiger partial charge >= 0.3 is 0 Å². The largest absolute Gasteiger partial charge is 0.496 e. The molecule has 1 saturated heterocycles. The fraction of sp³-hybridized carbons (Fsp3) is 0.333. The van der Waals surface area contributed by atoms with Crippen LogP contribution < -0.4 is 9.64 Å². The van der Waals surface area contributed by atoms with Crippen molar-refractivity contribution in [2.24, 2.45) is 0 Å². The molecule has 0 amide bonds. The molecule has 2 aromatic rings. The summed E-state index contributed by atoms with van der Waals surface area (Å²) < 4.78 is 33.3. The van der Waals surface area contributed by atoms with E-state index < -0.39 is 10.0 Å².